The number of benzene rings is 2. The van der Waals surface area contributed by atoms with E-state index >= 15 is 0 Å². The van der Waals surface area contributed by atoms with Crippen LogP contribution in [0.3, 0.4) is 0 Å². The van der Waals surface area contributed by atoms with Crippen molar-refractivity contribution in [2.45, 2.75) is 20.5 Å². The second-order valence-electron chi connectivity index (χ2n) is 5.59. The number of nitrogens with one attached hydrogen (secondary N) is 1. The number of hydrogen-bond acceptors (Lipinski definition) is 4. The number of rotatable bonds is 9. The first-order valence-electron chi connectivity index (χ1n) is 8.64. The van der Waals surface area contributed by atoms with E-state index in [0.29, 0.717) is 12.3 Å². The summed E-state index contributed by atoms with van der Waals surface area (Å²) in [5, 5.41) is 2.71. The van der Waals surface area contributed by atoms with E-state index in [1.54, 1.807) is 12.1 Å². The van der Waals surface area contributed by atoms with Crippen LogP contribution in [0, 0.1) is 0 Å². The van der Waals surface area contributed by atoms with Gasteiger partial charge in [0, 0.05) is 12.2 Å². The largest absolute Gasteiger partial charge is 0.492 e. The number of nitrogens with zero attached hydrogens (tertiary/aromatic N) is 1. The molecule has 5 nitrogen and oxygen atoms in total. The van der Waals surface area contributed by atoms with Gasteiger partial charge in [-0.25, -0.2) is 4.79 Å². The van der Waals surface area contributed by atoms with Crippen LogP contribution in [0.15, 0.2) is 54.6 Å². The van der Waals surface area contributed by atoms with Crippen LogP contribution in [-0.2, 0) is 11.3 Å². The van der Waals surface area contributed by atoms with Gasteiger partial charge < -0.3 is 14.4 Å². The van der Waals surface area contributed by atoms with Crippen LogP contribution in [0.2, 0.25) is 0 Å². The van der Waals surface area contributed by atoms with Crippen LogP contribution in [0.25, 0.3) is 0 Å². The smallest absolute Gasteiger partial charge is 0.411 e. The molecule has 0 saturated heterocycles. The predicted octanol–water partition coefficient (Wildman–Crippen LogP) is 4.58. The molecule has 2 rings (SSSR count). The Morgan fingerprint density at radius 3 is 2.27 bits per heavy atom. The summed E-state index contributed by atoms with van der Waals surface area (Å²) in [6.45, 7) is 8.12. The second-order valence-corrected chi connectivity index (χ2v) is 5.59. The number of carbonyl (C=O) groups excluding carboxylic acids is 1. The van der Waals surface area contributed by atoms with Crippen molar-refractivity contribution in [1.82, 2.24) is 4.90 Å². The normalized spacial score (nSPS) is 10.1. The van der Waals surface area contributed by atoms with Crippen molar-refractivity contribution < 1.29 is 14.3 Å². The number of carbonyl (C=O) groups is 1. The van der Waals surface area contributed by atoms with Gasteiger partial charge in [0.05, 0.1) is 0 Å². The first kappa shape index (κ1) is 21.8. The van der Waals surface area contributed by atoms with E-state index in [0.717, 1.165) is 30.9 Å². The Balaban J connectivity index is 0.00000338. The lowest BCUT2D eigenvalue weighted by atomic mass is 10.2. The van der Waals surface area contributed by atoms with Gasteiger partial charge in [-0.3, -0.25) is 5.32 Å². The summed E-state index contributed by atoms with van der Waals surface area (Å²) >= 11 is 0. The molecule has 1 N–H and O–H groups in total. The molecule has 0 aliphatic carbocycles. The maximum atomic E-state index is 11.8. The Kier molecular flexibility index (Phi) is 10.2. The highest BCUT2D eigenvalue weighted by Gasteiger charge is 2.04. The predicted molar refractivity (Wildman–Crippen MR) is 107 cm³/mol. The fourth-order valence-corrected chi connectivity index (χ4v) is 2.34. The Hall–Kier alpha value is -2.24. The molecule has 0 saturated carbocycles. The molecule has 1 amide bonds. The van der Waals surface area contributed by atoms with Crippen molar-refractivity contribution in [3.63, 3.8) is 0 Å². The van der Waals surface area contributed by atoms with E-state index in [1.165, 1.54) is 0 Å². The Bertz CT molecular complexity index is 631. The first-order chi connectivity index (χ1) is 12.2. The zero-order valence-corrected chi connectivity index (χ0v) is 16.1. The lowest BCUT2D eigenvalue weighted by Gasteiger charge is -2.18. The molecule has 0 heterocycles. The third-order valence-electron chi connectivity index (χ3n) is 3.88. The Morgan fingerprint density at radius 1 is 1.00 bits per heavy atom. The standard InChI is InChI=1S/C20H26N2O3.ClH/c1-3-22(4-2)14-15-24-19-12-10-18(11-13-19)21-20(23)25-16-17-8-6-5-7-9-17;/h5-13H,3-4,14-16H2,1-2H3,(H,21,23);1H. The average molecular weight is 379 g/mol. The highest BCUT2D eigenvalue weighted by atomic mass is 35.5. The monoisotopic (exact) mass is 378 g/mol. The molecule has 0 radical (unpaired) electrons. The first-order valence-corrected chi connectivity index (χ1v) is 8.64. The molecule has 0 bridgehead atoms. The minimum atomic E-state index is -0.473. The molecule has 0 fully saturated rings. The summed E-state index contributed by atoms with van der Waals surface area (Å²) in [6, 6.07) is 16.9. The van der Waals surface area contributed by atoms with Crippen LogP contribution in [0.4, 0.5) is 10.5 Å². The Labute approximate surface area is 161 Å². The summed E-state index contributed by atoms with van der Waals surface area (Å²) < 4.78 is 10.9. The third-order valence-corrected chi connectivity index (χ3v) is 3.88. The SMILES string of the molecule is CCN(CC)CCOc1ccc(NC(=O)OCc2ccccc2)cc1.Cl. The summed E-state index contributed by atoms with van der Waals surface area (Å²) in [6.07, 6.45) is -0.473. The van der Waals surface area contributed by atoms with Gasteiger partial charge in [-0.1, -0.05) is 44.2 Å². The number of halogens is 1. The number of amides is 1. The average Bonchev–Trinajstić information content (AvgIpc) is 2.66. The van der Waals surface area contributed by atoms with Crippen molar-refractivity contribution in [1.29, 1.82) is 0 Å². The van der Waals surface area contributed by atoms with Gasteiger partial charge in [-0.05, 0) is 42.9 Å². The zero-order chi connectivity index (χ0) is 17.9. The van der Waals surface area contributed by atoms with E-state index < -0.39 is 6.09 Å². The van der Waals surface area contributed by atoms with Gasteiger partial charge >= 0.3 is 6.09 Å². The highest BCUT2D eigenvalue weighted by molar-refractivity contribution is 5.85. The third kappa shape index (κ3) is 7.76. The van der Waals surface area contributed by atoms with Crippen molar-refractivity contribution in [2.75, 3.05) is 31.6 Å². The summed E-state index contributed by atoms with van der Waals surface area (Å²) in [5.74, 6) is 0.787. The van der Waals surface area contributed by atoms with Gasteiger partial charge in [0.15, 0.2) is 0 Å². The maximum Gasteiger partial charge on any atom is 0.411 e. The molecule has 26 heavy (non-hydrogen) atoms. The van der Waals surface area contributed by atoms with Gasteiger partial charge in [0.25, 0.3) is 0 Å². The molecule has 0 spiro atoms. The molecule has 0 aromatic heterocycles. The van der Waals surface area contributed by atoms with Crippen LogP contribution in [0.1, 0.15) is 19.4 Å². The summed E-state index contributed by atoms with van der Waals surface area (Å²) in [7, 11) is 0. The number of ether oxygens (including phenoxy) is 2. The van der Waals surface area contributed by atoms with E-state index in [9.17, 15) is 4.79 Å². The lowest BCUT2D eigenvalue weighted by molar-refractivity contribution is 0.155. The van der Waals surface area contributed by atoms with Crippen molar-refractivity contribution in [3.05, 3.63) is 60.2 Å². The van der Waals surface area contributed by atoms with Gasteiger partial charge in [-0.15, -0.1) is 12.4 Å². The lowest BCUT2D eigenvalue weighted by Crippen LogP contribution is -2.27. The second kappa shape index (κ2) is 12.2. The summed E-state index contributed by atoms with van der Waals surface area (Å²) in [5.41, 5.74) is 1.63. The van der Waals surface area contributed by atoms with E-state index in [4.69, 9.17) is 9.47 Å². The van der Waals surface area contributed by atoms with Crippen molar-refractivity contribution in [3.8, 4) is 5.75 Å². The van der Waals surface area contributed by atoms with Crippen LogP contribution in [-0.4, -0.2) is 37.2 Å². The minimum absolute atomic E-state index is 0. The molecule has 142 valence electrons. The number of anilines is 1. The number of hydrogen-bond donors (Lipinski definition) is 1. The molecule has 0 atom stereocenters. The molecule has 0 aliphatic heterocycles. The van der Waals surface area contributed by atoms with Crippen LogP contribution in [0.5, 0.6) is 5.75 Å². The van der Waals surface area contributed by atoms with E-state index in [-0.39, 0.29) is 19.0 Å². The molecular weight excluding hydrogens is 352 g/mol. The topological polar surface area (TPSA) is 50.8 Å². The minimum Gasteiger partial charge on any atom is -0.492 e. The van der Waals surface area contributed by atoms with Crippen molar-refractivity contribution >= 4 is 24.2 Å². The van der Waals surface area contributed by atoms with Crippen LogP contribution >= 0.6 is 12.4 Å². The fraction of sp³-hybridized carbons (Fsp3) is 0.350. The Morgan fingerprint density at radius 2 is 1.65 bits per heavy atom. The van der Waals surface area contributed by atoms with Gasteiger partial charge in [0.1, 0.15) is 19.0 Å². The van der Waals surface area contributed by atoms with Gasteiger partial charge in [0.2, 0.25) is 0 Å². The highest BCUT2D eigenvalue weighted by Crippen LogP contribution is 2.16. The quantitative estimate of drug-likeness (QED) is 0.694. The molecular formula is C20H27ClN2O3. The fourth-order valence-electron chi connectivity index (χ4n) is 2.34. The molecule has 2 aromatic rings. The van der Waals surface area contributed by atoms with E-state index in [2.05, 4.69) is 24.1 Å². The summed E-state index contributed by atoms with van der Waals surface area (Å²) in [4.78, 5) is 14.1. The zero-order valence-electron chi connectivity index (χ0n) is 15.3. The molecule has 0 aliphatic rings. The van der Waals surface area contributed by atoms with Crippen molar-refractivity contribution in [2.24, 2.45) is 0 Å². The van der Waals surface area contributed by atoms with Crippen LogP contribution < -0.4 is 10.1 Å². The van der Waals surface area contributed by atoms with Gasteiger partial charge in [-0.2, -0.15) is 0 Å². The maximum absolute atomic E-state index is 11.8. The molecule has 6 heteroatoms. The van der Waals surface area contributed by atoms with E-state index in [1.807, 2.05) is 42.5 Å². The number of likely N-dealkylation sites (N-methyl/N-ethyl adjacent to an activating group) is 1. The molecule has 2 aromatic carbocycles. The molecule has 0 unspecified atom stereocenters.